The van der Waals surface area contributed by atoms with E-state index >= 15 is 0 Å². The molecule has 0 aliphatic rings. The van der Waals surface area contributed by atoms with Crippen LogP contribution in [0.3, 0.4) is 0 Å². The average Bonchev–Trinajstić information content (AvgIpc) is 2.92. The first-order valence-electron chi connectivity index (χ1n) is 5.26. The van der Waals surface area contributed by atoms with Crippen LogP contribution in [0.15, 0.2) is 33.5 Å². The van der Waals surface area contributed by atoms with E-state index in [9.17, 15) is 9.59 Å². The highest BCUT2D eigenvalue weighted by atomic mass is 79.9. The van der Waals surface area contributed by atoms with Gasteiger partial charge in [0, 0.05) is 10.0 Å². The van der Waals surface area contributed by atoms with E-state index in [1.807, 2.05) is 0 Å². The second-order valence-corrected chi connectivity index (χ2v) is 6.46. The molecule has 0 unspecified atom stereocenters. The van der Waals surface area contributed by atoms with E-state index in [0.29, 0.717) is 30.3 Å². The minimum atomic E-state index is -0.300. The van der Waals surface area contributed by atoms with Crippen LogP contribution < -0.4 is 5.69 Å². The number of aromatic nitrogens is 2. The topological polar surface area (TPSA) is 65.7 Å². The predicted molar refractivity (Wildman–Crippen MR) is 79.4 cm³/mol. The van der Waals surface area contributed by atoms with Crippen molar-refractivity contribution in [1.82, 2.24) is 9.97 Å². The summed E-state index contributed by atoms with van der Waals surface area (Å²) in [4.78, 5) is 29.4. The molecule has 0 radical (unpaired) electrons. The van der Waals surface area contributed by atoms with Gasteiger partial charge in [0.2, 0.25) is 5.78 Å². The first kappa shape index (κ1) is 12.7. The molecule has 0 amide bonds. The van der Waals surface area contributed by atoms with Crippen molar-refractivity contribution < 1.29 is 4.79 Å². The van der Waals surface area contributed by atoms with Gasteiger partial charge in [0.1, 0.15) is 0 Å². The van der Waals surface area contributed by atoms with E-state index < -0.39 is 0 Å². The Labute approximate surface area is 124 Å². The lowest BCUT2D eigenvalue weighted by atomic mass is 10.1. The van der Waals surface area contributed by atoms with Crippen LogP contribution >= 0.6 is 38.9 Å². The van der Waals surface area contributed by atoms with Crippen LogP contribution in [0.2, 0.25) is 4.34 Å². The first-order chi connectivity index (χ1) is 9.04. The number of hydrogen-bond acceptors (Lipinski definition) is 3. The van der Waals surface area contributed by atoms with Gasteiger partial charge in [-0.1, -0.05) is 11.6 Å². The number of nitrogens with one attached hydrogen (secondary N) is 2. The third-order valence-corrected chi connectivity index (χ3v) is 4.53. The van der Waals surface area contributed by atoms with Crippen molar-refractivity contribution in [1.29, 1.82) is 0 Å². The van der Waals surface area contributed by atoms with Crippen LogP contribution in [0.5, 0.6) is 0 Å². The van der Waals surface area contributed by atoms with E-state index in [2.05, 4.69) is 25.9 Å². The molecular formula is C12H6BrClN2O2S. The first-order valence-corrected chi connectivity index (χ1v) is 7.25. The maximum atomic E-state index is 12.4. The zero-order valence-electron chi connectivity index (χ0n) is 9.29. The maximum Gasteiger partial charge on any atom is 0.323 e. The summed E-state index contributed by atoms with van der Waals surface area (Å²) in [7, 11) is 0. The van der Waals surface area contributed by atoms with Gasteiger partial charge < -0.3 is 9.97 Å². The summed E-state index contributed by atoms with van der Waals surface area (Å²) in [6.07, 6.45) is 0. The van der Waals surface area contributed by atoms with Gasteiger partial charge in [-0.25, -0.2) is 4.79 Å². The molecule has 2 aromatic heterocycles. The molecule has 96 valence electrons. The van der Waals surface area contributed by atoms with Crippen LogP contribution in [-0.4, -0.2) is 15.8 Å². The summed E-state index contributed by atoms with van der Waals surface area (Å²) in [5, 5.41) is 0. The molecule has 7 heteroatoms. The summed E-state index contributed by atoms with van der Waals surface area (Å²) in [5.74, 6) is -0.132. The number of hydrogen-bond donors (Lipinski definition) is 2. The van der Waals surface area contributed by atoms with Crippen LogP contribution in [0.4, 0.5) is 0 Å². The molecule has 4 nitrogen and oxygen atoms in total. The third-order valence-electron chi connectivity index (χ3n) is 2.65. The molecule has 2 N–H and O–H groups in total. The van der Waals surface area contributed by atoms with Crippen molar-refractivity contribution in [2.75, 3.05) is 0 Å². The number of carbonyl (C=O) groups excluding carboxylic acids is 1. The zero-order valence-corrected chi connectivity index (χ0v) is 12.4. The van der Waals surface area contributed by atoms with E-state index in [0.717, 1.165) is 0 Å². The van der Waals surface area contributed by atoms with Gasteiger partial charge in [0.15, 0.2) is 0 Å². The Kier molecular flexibility index (Phi) is 3.08. The van der Waals surface area contributed by atoms with Crippen LogP contribution in [-0.2, 0) is 0 Å². The lowest BCUT2D eigenvalue weighted by Gasteiger charge is -2.02. The highest BCUT2D eigenvalue weighted by molar-refractivity contribution is 9.10. The van der Waals surface area contributed by atoms with Crippen LogP contribution in [0.25, 0.3) is 11.0 Å². The molecule has 2 heterocycles. The van der Waals surface area contributed by atoms with Crippen LogP contribution in [0, 0.1) is 0 Å². The lowest BCUT2D eigenvalue weighted by Crippen LogP contribution is -2.00. The number of H-pyrrole nitrogens is 2. The lowest BCUT2D eigenvalue weighted by molar-refractivity contribution is 0.104. The molecule has 0 spiro atoms. The number of rotatable bonds is 2. The summed E-state index contributed by atoms with van der Waals surface area (Å²) in [6, 6.07) is 6.72. The molecular weight excluding hydrogens is 352 g/mol. The summed E-state index contributed by atoms with van der Waals surface area (Å²) in [6.45, 7) is 0. The number of halogens is 2. The Morgan fingerprint density at radius 3 is 2.53 bits per heavy atom. The second kappa shape index (κ2) is 4.63. The van der Waals surface area contributed by atoms with Crippen molar-refractivity contribution >= 4 is 55.7 Å². The van der Waals surface area contributed by atoms with Crippen molar-refractivity contribution in [3.8, 4) is 0 Å². The van der Waals surface area contributed by atoms with Crippen molar-refractivity contribution in [2.45, 2.75) is 0 Å². The highest BCUT2D eigenvalue weighted by Crippen LogP contribution is 2.28. The summed E-state index contributed by atoms with van der Waals surface area (Å²) in [5.41, 5.74) is 1.43. The fourth-order valence-electron chi connectivity index (χ4n) is 1.80. The van der Waals surface area contributed by atoms with Crippen molar-refractivity contribution in [3.05, 3.63) is 54.0 Å². The number of imidazole rings is 1. The van der Waals surface area contributed by atoms with Crippen molar-refractivity contribution in [3.63, 3.8) is 0 Å². The van der Waals surface area contributed by atoms with Gasteiger partial charge in [0.25, 0.3) is 0 Å². The van der Waals surface area contributed by atoms with Gasteiger partial charge in [-0.3, -0.25) is 4.79 Å². The largest absolute Gasteiger partial charge is 0.323 e. The molecule has 0 aliphatic carbocycles. The number of fused-ring (bicyclic) bond motifs is 1. The number of thiophene rings is 1. The van der Waals surface area contributed by atoms with Gasteiger partial charge in [-0.2, -0.15) is 0 Å². The molecule has 0 atom stereocenters. The number of aromatic amines is 2. The molecule has 0 bridgehead atoms. The van der Waals surface area contributed by atoms with Crippen molar-refractivity contribution in [2.24, 2.45) is 0 Å². The predicted octanol–water partition coefficient (Wildman–Crippen LogP) is 3.56. The molecule has 3 rings (SSSR count). The zero-order chi connectivity index (χ0) is 13.6. The Morgan fingerprint density at radius 1 is 1.21 bits per heavy atom. The van der Waals surface area contributed by atoms with Gasteiger partial charge in [-0.15, -0.1) is 11.3 Å². The number of carbonyl (C=O) groups is 1. The molecule has 19 heavy (non-hydrogen) atoms. The fraction of sp³-hybridized carbons (Fsp3) is 0. The average molecular weight is 358 g/mol. The Morgan fingerprint density at radius 2 is 1.89 bits per heavy atom. The molecule has 1 aromatic carbocycles. The normalized spacial score (nSPS) is 11.1. The summed E-state index contributed by atoms with van der Waals surface area (Å²) >= 11 is 10.4. The second-order valence-electron chi connectivity index (χ2n) is 3.89. The molecule has 0 saturated carbocycles. The van der Waals surface area contributed by atoms with Crippen LogP contribution in [0.1, 0.15) is 15.2 Å². The standard InChI is InChI=1S/C12H6BrClN2O2S/c13-6-4-8-7(15-12(18)16-8)3-5(6)11(17)9-1-2-10(14)19-9/h1-4H,(H2,15,16,18). The highest BCUT2D eigenvalue weighted by Gasteiger charge is 2.16. The Bertz CT molecular complexity index is 849. The molecule has 0 saturated heterocycles. The Balaban J connectivity index is 2.16. The maximum absolute atomic E-state index is 12.4. The van der Waals surface area contributed by atoms with E-state index in [1.54, 1.807) is 24.3 Å². The number of benzene rings is 1. The van der Waals surface area contributed by atoms with E-state index in [4.69, 9.17) is 11.6 Å². The monoisotopic (exact) mass is 356 g/mol. The Hall–Kier alpha value is -1.37. The molecule has 3 aromatic rings. The van der Waals surface area contributed by atoms with E-state index in [-0.39, 0.29) is 11.5 Å². The quantitative estimate of drug-likeness (QED) is 0.689. The minimum absolute atomic E-state index is 0.132. The smallest absolute Gasteiger partial charge is 0.306 e. The minimum Gasteiger partial charge on any atom is -0.306 e. The molecule has 0 fully saturated rings. The van der Waals surface area contributed by atoms with E-state index in [1.165, 1.54) is 11.3 Å². The van der Waals surface area contributed by atoms with Gasteiger partial charge in [0.05, 0.1) is 20.2 Å². The SMILES string of the molecule is O=C(c1ccc(Cl)s1)c1cc2[nH]c(=O)[nH]c2cc1Br. The van der Waals surface area contributed by atoms with Gasteiger partial charge >= 0.3 is 5.69 Å². The van der Waals surface area contributed by atoms with Gasteiger partial charge in [-0.05, 0) is 40.2 Å². The third kappa shape index (κ3) is 2.27. The number of ketones is 1. The molecule has 0 aliphatic heterocycles. The summed E-state index contributed by atoms with van der Waals surface area (Å²) < 4.78 is 1.19. The fourth-order valence-corrected chi connectivity index (χ4v) is 3.32.